The molecule has 1 aromatic carbocycles. The molecule has 1 rings (SSSR count). The van der Waals surface area contributed by atoms with E-state index < -0.39 is 0 Å². The zero-order valence-corrected chi connectivity index (χ0v) is 7.03. The summed E-state index contributed by atoms with van der Waals surface area (Å²) in [5, 5.41) is 3.19. The van der Waals surface area contributed by atoms with E-state index in [0.717, 1.165) is 12.2 Å². The third-order valence-corrected chi connectivity index (χ3v) is 1.64. The van der Waals surface area contributed by atoms with Crippen molar-refractivity contribution in [2.45, 2.75) is 6.04 Å². The van der Waals surface area contributed by atoms with E-state index in [9.17, 15) is 0 Å². The van der Waals surface area contributed by atoms with Gasteiger partial charge in [-0.3, -0.25) is 0 Å². The zero-order valence-electron chi connectivity index (χ0n) is 7.03. The summed E-state index contributed by atoms with van der Waals surface area (Å²) >= 11 is 0. The van der Waals surface area contributed by atoms with E-state index in [4.69, 9.17) is 11.5 Å². The predicted molar refractivity (Wildman–Crippen MR) is 52.0 cm³/mol. The Morgan fingerprint density at radius 2 is 1.92 bits per heavy atom. The number of nitrogens with one attached hydrogen (secondary N) is 1. The van der Waals surface area contributed by atoms with Crippen molar-refractivity contribution >= 4 is 5.69 Å². The van der Waals surface area contributed by atoms with Crippen molar-refractivity contribution < 1.29 is 0 Å². The van der Waals surface area contributed by atoms with Crippen LogP contribution in [0.2, 0.25) is 0 Å². The van der Waals surface area contributed by atoms with E-state index >= 15 is 0 Å². The fraction of sp³-hybridized carbons (Fsp3) is 0.333. The van der Waals surface area contributed by atoms with Gasteiger partial charge in [0.1, 0.15) is 0 Å². The van der Waals surface area contributed by atoms with Crippen LogP contribution in [0.25, 0.3) is 0 Å². The molecule has 0 aliphatic heterocycles. The molecule has 3 heteroatoms. The molecule has 12 heavy (non-hydrogen) atoms. The summed E-state index contributed by atoms with van der Waals surface area (Å²) in [6.07, 6.45) is 0. The molecule has 5 N–H and O–H groups in total. The summed E-state index contributed by atoms with van der Waals surface area (Å²) in [5.41, 5.74) is 12.1. The fourth-order valence-electron chi connectivity index (χ4n) is 0.888. The van der Waals surface area contributed by atoms with Gasteiger partial charge in [-0.05, 0) is 12.1 Å². The number of hydrogen-bond donors (Lipinski definition) is 3. The van der Waals surface area contributed by atoms with E-state index in [1.165, 1.54) is 0 Å². The molecule has 0 saturated carbocycles. The first-order valence-corrected chi connectivity index (χ1v) is 4.07. The largest absolute Gasteiger partial charge is 0.383 e. The Balaban J connectivity index is 2.33. The van der Waals surface area contributed by atoms with E-state index in [1.54, 1.807) is 0 Å². The number of anilines is 1. The lowest BCUT2D eigenvalue weighted by Gasteiger charge is -2.10. The predicted octanol–water partition coefficient (Wildman–Crippen LogP) is 0.384. The van der Waals surface area contributed by atoms with Gasteiger partial charge in [0.15, 0.2) is 0 Å². The molecule has 1 aromatic rings. The standard InChI is InChI=1S/C9H15N3/c10-6-8(11)7-12-9-4-2-1-3-5-9/h1-5,8,12H,6-7,10-11H2. The Labute approximate surface area is 72.8 Å². The molecule has 0 saturated heterocycles. The van der Waals surface area contributed by atoms with Crippen molar-refractivity contribution in [2.24, 2.45) is 11.5 Å². The van der Waals surface area contributed by atoms with Gasteiger partial charge in [0.2, 0.25) is 0 Å². The highest BCUT2D eigenvalue weighted by molar-refractivity contribution is 5.42. The Hall–Kier alpha value is -1.06. The molecule has 1 unspecified atom stereocenters. The van der Waals surface area contributed by atoms with Crippen molar-refractivity contribution in [1.82, 2.24) is 0 Å². The molecule has 0 fully saturated rings. The maximum atomic E-state index is 5.63. The number of nitrogens with two attached hydrogens (primary N) is 2. The molecule has 0 radical (unpaired) electrons. The SMILES string of the molecule is NCC(N)CNc1ccccc1. The monoisotopic (exact) mass is 165 g/mol. The van der Waals surface area contributed by atoms with Gasteiger partial charge in [-0.15, -0.1) is 0 Å². The minimum absolute atomic E-state index is 0.0326. The second kappa shape index (κ2) is 4.74. The number of rotatable bonds is 4. The van der Waals surface area contributed by atoms with Gasteiger partial charge in [0, 0.05) is 24.8 Å². The molecule has 0 aliphatic carbocycles. The first kappa shape index (κ1) is 9.03. The van der Waals surface area contributed by atoms with Gasteiger partial charge in [0.25, 0.3) is 0 Å². The first-order chi connectivity index (χ1) is 5.83. The minimum atomic E-state index is 0.0326. The lowest BCUT2D eigenvalue weighted by atomic mass is 10.3. The Bertz CT molecular complexity index is 210. The highest BCUT2D eigenvalue weighted by Gasteiger charge is 1.97. The van der Waals surface area contributed by atoms with Crippen molar-refractivity contribution in [3.63, 3.8) is 0 Å². The van der Waals surface area contributed by atoms with E-state index in [0.29, 0.717) is 6.54 Å². The highest BCUT2D eigenvalue weighted by atomic mass is 14.9. The van der Waals surface area contributed by atoms with Crippen LogP contribution in [0.5, 0.6) is 0 Å². The van der Waals surface area contributed by atoms with Crippen LogP contribution in [0.15, 0.2) is 30.3 Å². The molecule has 1 atom stereocenters. The van der Waals surface area contributed by atoms with Gasteiger partial charge in [-0.1, -0.05) is 18.2 Å². The van der Waals surface area contributed by atoms with Gasteiger partial charge in [-0.25, -0.2) is 0 Å². The molecule has 0 aromatic heterocycles. The summed E-state index contributed by atoms with van der Waals surface area (Å²) < 4.78 is 0. The average Bonchev–Trinajstić information content (AvgIpc) is 2.16. The highest BCUT2D eigenvalue weighted by Crippen LogP contribution is 2.03. The first-order valence-electron chi connectivity index (χ1n) is 4.07. The third-order valence-electron chi connectivity index (χ3n) is 1.64. The van der Waals surface area contributed by atoms with Gasteiger partial charge < -0.3 is 16.8 Å². The lowest BCUT2D eigenvalue weighted by Crippen LogP contribution is -2.36. The Morgan fingerprint density at radius 1 is 1.25 bits per heavy atom. The fourth-order valence-corrected chi connectivity index (χ4v) is 0.888. The van der Waals surface area contributed by atoms with Gasteiger partial charge >= 0.3 is 0 Å². The van der Waals surface area contributed by atoms with Crippen molar-refractivity contribution in [3.05, 3.63) is 30.3 Å². The Kier molecular flexibility index (Phi) is 3.57. The van der Waals surface area contributed by atoms with Crippen molar-refractivity contribution in [2.75, 3.05) is 18.4 Å². The summed E-state index contributed by atoms with van der Waals surface area (Å²) in [7, 11) is 0. The maximum absolute atomic E-state index is 5.63. The quantitative estimate of drug-likeness (QED) is 0.604. The molecule has 3 nitrogen and oxygen atoms in total. The molecular weight excluding hydrogens is 150 g/mol. The van der Waals surface area contributed by atoms with Crippen LogP contribution in [0.4, 0.5) is 5.69 Å². The average molecular weight is 165 g/mol. The second-order valence-electron chi connectivity index (χ2n) is 2.74. The van der Waals surface area contributed by atoms with Crippen LogP contribution in [-0.4, -0.2) is 19.1 Å². The van der Waals surface area contributed by atoms with Crippen LogP contribution < -0.4 is 16.8 Å². The summed E-state index contributed by atoms with van der Waals surface area (Å²) in [6, 6.07) is 9.98. The van der Waals surface area contributed by atoms with Gasteiger partial charge in [0.05, 0.1) is 0 Å². The van der Waals surface area contributed by atoms with Crippen LogP contribution in [0, 0.1) is 0 Å². The van der Waals surface area contributed by atoms with Gasteiger partial charge in [-0.2, -0.15) is 0 Å². The summed E-state index contributed by atoms with van der Waals surface area (Å²) in [4.78, 5) is 0. The van der Waals surface area contributed by atoms with Crippen LogP contribution in [0.3, 0.4) is 0 Å². The summed E-state index contributed by atoms with van der Waals surface area (Å²) in [5.74, 6) is 0. The molecular formula is C9H15N3. The second-order valence-corrected chi connectivity index (χ2v) is 2.74. The number of benzene rings is 1. The smallest absolute Gasteiger partial charge is 0.0340 e. The van der Waals surface area contributed by atoms with Crippen molar-refractivity contribution in [3.8, 4) is 0 Å². The topological polar surface area (TPSA) is 64.1 Å². The van der Waals surface area contributed by atoms with E-state index in [2.05, 4.69) is 5.32 Å². The van der Waals surface area contributed by atoms with Crippen LogP contribution in [0.1, 0.15) is 0 Å². The van der Waals surface area contributed by atoms with E-state index in [1.807, 2.05) is 30.3 Å². The zero-order chi connectivity index (χ0) is 8.81. The molecule has 0 heterocycles. The molecule has 0 spiro atoms. The molecule has 0 bridgehead atoms. The van der Waals surface area contributed by atoms with E-state index in [-0.39, 0.29) is 6.04 Å². The number of hydrogen-bond acceptors (Lipinski definition) is 3. The molecule has 0 aliphatic rings. The lowest BCUT2D eigenvalue weighted by molar-refractivity contribution is 0.713. The summed E-state index contributed by atoms with van der Waals surface area (Å²) in [6.45, 7) is 1.24. The normalized spacial score (nSPS) is 12.5. The molecule has 66 valence electrons. The number of para-hydroxylation sites is 1. The maximum Gasteiger partial charge on any atom is 0.0340 e. The molecule has 0 amide bonds. The van der Waals surface area contributed by atoms with Crippen molar-refractivity contribution in [1.29, 1.82) is 0 Å². The minimum Gasteiger partial charge on any atom is -0.383 e. The third kappa shape index (κ3) is 2.90. The van der Waals surface area contributed by atoms with Crippen LogP contribution in [-0.2, 0) is 0 Å². The van der Waals surface area contributed by atoms with Crippen LogP contribution >= 0.6 is 0 Å². The Morgan fingerprint density at radius 3 is 2.50 bits per heavy atom.